The van der Waals surface area contributed by atoms with Crippen molar-refractivity contribution in [1.29, 1.82) is 0 Å². The lowest BCUT2D eigenvalue weighted by molar-refractivity contribution is 0.242. The zero-order valence-electron chi connectivity index (χ0n) is 13.7. The highest BCUT2D eigenvalue weighted by Gasteiger charge is 2.29. The third-order valence-corrected chi connectivity index (χ3v) is 4.76. The molecule has 0 radical (unpaired) electrons. The molecule has 0 spiro atoms. The first-order valence-corrected chi connectivity index (χ1v) is 8.39. The Balaban J connectivity index is 2.14. The fourth-order valence-corrected chi connectivity index (χ4v) is 3.78. The largest absolute Gasteiger partial charge is 0.316 e. The van der Waals surface area contributed by atoms with Gasteiger partial charge in [-0.05, 0) is 69.5 Å². The van der Waals surface area contributed by atoms with Gasteiger partial charge in [-0.2, -0.15) is 0 Å². The number of aryl methyl sites for hydroxylation is 2. The smallest absolute Gasteiger partial charge is 0.00147 e. The minimum absolute atomic E-state index is 0.752. The molecule has 0 heterocycles. The van der Waals surface area contributed by atoms with E-state index in [-0.39, 0.29) is 0 Å². The van der Waals surface area contributed by atoms with Crippen molar-refractivity contribution >= 4 is 0 Å². The summed E-state index contributed by atoms with van der Waals surface area (Å²) in [6, 6.07) is 7.13. The molecule has 0 saturated heterocycles. The lowest BCUT2D eigenvalue weighted by atomic mass is 9.71. The van der Waals surface area contributed by atoms with E-state index in [1.54, 1.807) is 5.56 Å². The predicted octanol–water partition coefficient (Wildman–Crippen LogP) is 4.82. The standard InChI is InChI=1S/C19H31N/c1-5-8-20-13-17-7-6-14(2)12-19(17)18-10-15(3)9-16(4)11-18/h9-11,14,17,19-20H,5-8,12-13H2,1-4H3. The zero-order valence-corrected chi connectivity index (χ0v) is 13.7. The summed E-state index contributed by atoms with van der Waals surface area (Å²) in [4.78, 5) is 0. The van der Waals surface area contributed by atoms with Crippen molar-refractivity contribution in [2.45, 2.75) is 59.3 Å². The van der Waals surface area contributed by atoms with E-state index in [0.29, 0.717) is 0 Å². The second kappa shape index (κ2) is 7.26. The van der Waals surface area contributed by atoms with Crippen molar-refractivity contribution in [3.63, 3.8) is 0 Å². The Bertz CT molecular complexity index is 404. The highest BCUT2D eigenvalue weighted by atomic mass is 14.9. The molecule has 0 aromatic heterocycles. The molecule has 1 N–H and O–H groups in total. The first kappa shape index (κ1) is 15.6. The molecule has 20 heavy (non-hydrogen) atoms. The van der Waals surface area contributed by atoms with E-state index < -0.39 is 0 Å². The molecule has 0 amide bonds. The molecule has 1 aromatic rings. The zero-order chi connectivity index (χ0) is 14.5. The van der Waals surface area contributed by atoms with Crippen LogP contribution >= 0.6 is 0 Å². The van der Waals surface area contributed by atoms with E-state index in [1.807, 2.05) is 0 Å². The fourth-order valence-electron chi connectivity index (χ4n) is 3.78. The molecule has 1 saturated carbocycles. The lowest BCUT2D eigenvalue weighted by Crippen LogP contribution is -2.32. The Hall–Kier alpha value is -0.820. The molecule has 2 rings (SSSR count). The molecule has 112 valence electrons. The third-order valence-electron chi connectivity index (χ3n) is 4.76. The molecule has 1 heteroatoms. The third kappa shape index (κ3) is 4.09. The van der Waals surface area contributed by atoms with Gasteiger partial charge in [0.05, 0.1) is 0 Å². The summed E-state index contributed by atoms with van der Waals surface area (Å²) in [7, 11) is 0. The van der Waals surface area contributed by atoms with Crippen LogP contribution in [0.3, 0.4) is 0 Å². The first-order chi connectivity index (χ1) is 9.60. The van der Waals surface area contributed by atoms with Crippen LogP contribution < -0.4 is 5.32 Å². The van der Waals surface area contributed by atoms with Crippen molar-refractivity contribution < 1.29 is 0 Å². The number of benzene rings is 1. The Morgan fingerprint density at radius 3 is 2.45 bits per heavy atom. The summed E-state index contributed by atoms with van der Waals surface area (Å²) in [5, 5.41) is 3.65. The van der Waals surface area contributed by atoms with Crippen molar-refractivity contribution in [3.05, 3.63) is 34.9 Å². The van der Waals surface area contributed by atoms with E-state index in [4.69, 9.17) is 0 Å². The summed E-state index contributed by atoms with van der Waals surface area (Å²) >= 11 is 0. The molecule has 1 aromatic carbocycles. The van der Waals surface area contributed by atoms with Crippen molar-refractivity contribution in [2.75, 3.05) is 13.1 Å². The van der Waals surface area contributed by atoms with Gasteiger partial charge in [0.25, 0.3) is 0 Å². The second-order valence-corrected chi connectivity index (χ2v) is 6.91. The van der Waals surface area contributed by atoms with E-state index in [1.165, 1.54) is 43.4 Å². The van der Waals surface area contributed by atoms with Gasteiger partial charge in [-0.25, -0.2) is 0 Å². The van der Waals surface area contributed by atoms with Crippen LogP contribution in [0.4, 0.5) is 0 Å². The maximum atomic E-state index is 3.65. The Morgan fingerprint density at radius 1 is 1.10 bits per heavy atom. The van der Waals surface area contributed by atoms with Gasteiger partial charge in [-0.15, -0.1) is 0 Å². The molecular formula is C19H31N. The van der Waals surface area contributed by atoms with Crippen LogP contribution in [0.15, 0.2) is 18.2 Å². The molecule has 1 aliphatic carbocycles. The average molecular weight is 273 g/mol. The van der Waals surface area contributed by atoms with E-state index in [0.717, 1.165) is 24.3 Å². The quantitative estimate of drug-likeness (QED) is 0.758. The van der Waals surface area contributed by atoms with Crippen molar-refractivity contribution in [3.8, 4) is 0 Å². The molecule has 3 unspecified atom stereocenters. The number of nitrogens with one attached hydrogen (secondary N) is 1. The van der Waals surface area contributed by atoms with Gasteiger partial charge < -0.3 is 5.32 Å². The molecule has 0 aliphatic heterocycles. The van der Waals surface area contributed by atoms with E-state index in [9.17, 15) is 0 Å². The Labute approximate surface area is 125 Å². The summed E-state index contributed by atoms with van der Waals surface area (Å²) in [6.07, 6.45) is 5.38. The molecular weight excluding hydrogens is 242 g/mol. The van der Waals surface area contributed by atoms with Gasteiger partial charge in [-0.1, -0.05) is 49.6 Å². The maximum Gasteiger partial charge on any atom is -0.00147 e. The Kier molecular flexibility index (Phi) is 5.65. The van der Waals surface area contributed by atoms with E-state index >= 15 is 0 Å². The maximum absolute atomic E-state index is 3.65. The minimum Gasteiger partial charge on any atom is -0.316 e. The number of rotatable bonds is 5. The monoisotopic (exact) mass is 273 g/mol. The van der Waals surface area contributed by atoms with Crippen molar-refractivity contribution in [2.24, 2.45) is 11.8 Å². The molecule has 3 atom stereocenters. The van der Waals surface area contributed by atoms with Crippen LogP contribution in [0.1, 0.15) is 62.1 Å². The van der Waals surface area contributed by atoms with Crippen LogP contribution in [0.2, 0.25) is 0 Å². The van der Waals surface area contributed by atoms with Gasteiger partial charge in [-0.3, -0.25) is 0 Å². The van der Waals surface area contributed by atoms with Crippen molar-refractivity contribution in [1.82, 2.24) is 5.32 Å². The SMILES string of the molecule is CCCNCC1CCC(C)CC1c1cc(C)cc(C)c1. The number of hydrogen-bond acceptors (Lipinski definition) is 1. The first-order valence-electron chi connectivity index (χ1n) is 8.39. The van der Waals surface area contributed by atoms with Gasteiger partial charge in [0.1, 0.15) is 0 Å². The van der Waals surface area contributed by atoms with Gasteiger partial charge >= 0.3 is 0 Å². The average Bonchev–Trinajstić information content (AvgIpc) is 2.39. The number of hydrogen-bond donors (Lipinski definition) is 1. The lowest BCUT2D eigenvalue weighted by Gasteiger charge is -2.36. The minimum atomic E-state index is 0.752. The highest BCUT2D eigenvalue weighted by Crippen LogP contribution is 2.40. The van der Waals surface area contributed by atoms with Crippen LogP contribution in [0.5, 0.6) is 0 Å². The van der Waals surface area contributed by atoms with Crippen LogP contribution in [0.25, 0.3) is 0 Å². The fraction of sp³-hybridized carbons (Fsp3) is 0.684. The summed E-state index contributed by atoms with van der Waals surface area (Å²) < 4.78 is 0. The highest BCUT2D eigenvalue weighted by molar-refractivity contribution is 5.31. The molecule has 1 nitrogen and oxygen atoms in total. The van der Waals surface area contributed by atoms with Gasteiger partial charge in [0.15, 0.2) is 0 Å². The second-order valence-electron chi connectivity index (χ2n) is 6.91. The molecule has 0 bridgehead atoms. The Morgan fingerprint density at radius 2 is 1.80 bits per heavy atom. The summed E-state index contributed by atoms with van der Waals surface area (Å²) in [6.45, 7) is 11.5. The summed E-state index contributed by atoms with van der Waals surface area (Å²) in [5.74, 6) is 2.45. The topological polar surface area (TPSA) is 12.0 Å². The summed E-state index contributed by atoms with van der Waals surface area (Å²) in [5.41, 5.74) is 4.41. The van der Waals surface area contributed by atoms with Gasteiger partial charge in [0, 0.05) is 0 Å². The molecule has 1 aliphatic rings. The van der Waals surface area contributed by atoms with Gasteiger partial charge in [0.2, 0.25) is 0 Å². The van der Waals surface area contributed by atoms with E-state index in [2.05, 4.69) is 51.2 Å². The molecule has 1 fully saturated rings. The predicted molar refractivity (Wildman–Crippen MR) is 88.3 cm³/mol. The van der Waals surface area contributed by atoms with Crippen LogP contribution in [0, 0.1) is 25.7 Å². The normalized spacial score (nSPS) is 26.7. The van der Waals surface area contributed by atoms with Crippen LogP contribution in [-0.4, -0.2) is 13.1 Å². The van der Waals surface area contributed by atoms with Crippen LogP contribution in [-0.2, 0) is 0 Å².